The monoisotopic (exact) mass is 410 g/mol. The lowest BCUT2D eigenvalue weighted by atomic mass is 9.73. The van der Waals surface area contributed by atoms with E-state index < -0.39 is 29.3 Å². The highest BCUT2D eigenvalue weighted by Gasteiger charge is 2.51. The van der Waals surface area contributed by atoms with Gasteiger partial charge in [-0.1, -0.05) is 48.5 Å². The lowest BCUT2D eigenvalue weighted by Crippen LogP contribution is -2.65. The fourth-order valence-corrected chi connectivity index (χ4v) is 4.11. The molecule has 0 radical (unpaired) electrons. The van der Waals surface area contributed by atoms with Gasteiger partial charge in [0.25, 0.3) is 0 Å². The summed E-state index contributed by atoms with van der Waals surface area (Å²) in [6.45, 7) is 0.173. The molecule has 0 fully saturated rings. The number of fused-ring (bicyclic) bond motifs is 1. The van der Waals surface area contributed by atoms with E-state index in [0.29, 0.717) is 12.1 Å². The first-order valence-corrected chi connectivity index (χ1v) is 10.00. The number of nitrogens with two attached hydrogens (primary N) is 1. The summed E-state index contributed by atoms with van der Waals surface area (Å²) in [4.78, 5) is 38.0. The normalized spacial score (nSPS) is 19.2. The second-order valence-corrected chi connectivity index (χ2v) is 7.72. The molecule has 30 heavy (non-hydrogen) atoms. The third-order valence-corrected chi connectivity index (χ3v) is 5.67. The number of carbonyl (C=O) groups excluding carboxylic acids is 1. The highest BCUT2D eigenvalue weighted by molar-refractivity contribution is 6.05. The molecule has 0 aliphatic carbocycles. The number of amides is 1. The van der Waals surface area contributed by atoms with Crippen molar-refractivity contribution >= 4 is 23.5 Å². The molecule has 7 nitrogen and oxygen atoms in total. The molecular formula is C23H26N2O5. The van der Waals surface area contributed by atoms with Crippen LogP contribution in [-0.4, -0.2) is 40.1 Å². The lowest BCUT2D eigenvalue weighted by Gasteiger charge is -2.43. The van der Waals surface area contributed by atoms with Gasteiger partial charge in [-0.15, -0.1) is 0 Å². The molecule has 7 heteroatoms. The first kappa shape index (κ1) is 21.5. The number of carbonyl (C=O) groups is 3. The van der Waals surface area contributed by atoms with Gasteiger partial charge in [-0.05, 0) is 36.5 Å². The van der Waals surface area contributed by atoms with E-state index in [1.54, 1.807) is 12.1 Å². The number of hydrogen-bond acceptors (Lipinski definition) is 4. The first-order chi connectivity index (χ1) is 14.3. The van der Waals surface area contributed by atoms with Crippen LogP contribution in [-0.2, 0) is 27.2 Å². The van der Waals surface area contributed by atoms with Crippen LogP contribution in [0.5, 0.6) is 0 Å². The average Bonchev–Trinajstić information content (AvgIpc) is 2.71. The van der Waals surface area contributed by atoms with Crippen LogP contribution >= 0.6 is 0 Å². The molecule has 3 rings (SSSR count). The van der Waals surface area contributed by atoms with Crippen LogP contribution in [0.1, 0.15) is 30.4 Å². The van der Waals surface area contributed by atoms with Gasteiger partial charge in [0.05, 0.1) is 5.92 Å². The van der Waals surface area contributed by atoms with E-state index in [0.717, 1.165) is 11.1 Å². The zero-order valence-corrected chi connectivity index (χ0v) is 16.7. The van der Waals surface area contributed by atoms with Crippen molar-refractivity contribution in [2.45, 2.75) is 37.6 Å². The summed E-state index contributed by atoms with van der Waals surface area (Å²) in [6.07, 6.45) is 1.02. The van der Waals surface area contributed by atoms with Crippen LogP contribution in [0, 0.1) is 5.92 Å². The third-order valence-electron chi connectivity index (χ3n) is 5.67. The molecule has 1 heterocycles. The molecule has 4 N–H and O–H groups in total. The number of aliphatic carboxylic acids is 2. The highest BCUT2D eigenvalue weighted by atomic mass is 16.4. The topological polar surface area (TPSA) is 121 Å². The maximum Gasteiger partial charge on any atom is 0.308 e. The minimum Gasteiger partial charge on any atom is -0.481 e. The van der Waals surface area contributed by atoms with E-state index >= 15 is 0 Å². The quantitative estimate of drug-likeness (QED) is 0.584. The third kappa shape index (κ3) is 4.52. The van der Waals surface area contributed by atoms with Gasteiger partial charge in [0.1, 0.15) is 5.54 Å². The van der Waals surface area contributed by atoms with Gasteiger partial charge in [0.15, 0.2) is 0 Å². The predicted molar refractivity (Wildman–Crippen MR) is 112 cm³/mol. The molecule has 0 saturated heterocycles. The number of anilines is 1. The maximum absolute atomic E-state index is 13.4. The number of benzene rings is 2. The van der Waals surface area contributed by atoms with Gasteiger partial charge in [0, 0.05) is 25.1 Å². The summed E-state index contributed by atoms with van der Waals surface area (Å²) in [6, 6.07) is 16.7. The van der Waals surface area contributed by atoms with E-state index in [1.165, 1.54) is 4.90 Å². The van der Waals surface area contributed by atoms with Gasteiger partial charge < -0.3 is 20.8 Å². The van der Waals surface area contributed by atoms with E-state index in [9.17, 15) is 19.5 Å². The van der Waals surface area contributed by atoms with Gasteiger partial charge in [0.2, 0.25) is 5.91 Å². The van der Waals surface area contributed by atoms with Crippen LogP contribution < -0.4 is 10.6 Å². The van der Waals surface area contributed by atoms with Crippen LogP contribution in [0.25, 0.3) is 0 Å². The van der Waals surface area contributed by atoms with Gasteiger partial charge >= 0.3 is 11.9 Å². The van der Waals surface area contributed by atoms with Crippen molar-refractivity contribution in [3.8, 4) is 0 Å². The maximum atomic E-state index is 13.4. The molecular weight excluding hydrogens is 384 g/mol. The average molecular weight is 410 g/mol. The summed E-state index contributed by atoms with van der Waals surface area (Å²) < 4.78 is 0. The molecule has 1 amide bonds. The Labute approximate surface area is 175 Å². The fourth-order valence-electron chi connectivity index (χ4n) is 4.11. The largest absolute Gasteiger partial charge is 0.481 e. The minimum atomic E-state index is -1.60. The van der Waals surface area contributed by atoms with Crippen LogP contribution in [0.15, 0.2) is 54.6 Å². The number of aryl methyl sites for hydroxylation is 1. The van der Waals surface area contributed by atoms with E-state index in [2.05, 4.69) is 0 Å². The Morgan fingerprint density at radius 2 is 1.73 bits per heavy atom. The summed E-state index contributed by atoms with van der Waals surface area (Å²) >= 11 is 0. The van der Waals surface area contributed by atoms with Gasteiger partial charge in [-0.3, -0.25) is 14.4 Å². The summed E-state index contributed by atoms with van der Waals surface area (Å²) in [5, 5.41) is 18.9. The van der Waals surface area contributed by atoms with Crippen molar-refractivity contribution in [3.05, 3.63) is 65.7 Å². The Hall–Kier alpha value is -3.19. The zero-order chi connectivity index (χ0) is 21.7. The molecule has 0 aromatic heterocycles. The van der Waals surface area contributed by atoms with Crippen molar-refractivity contribution < 1.29 is 24.6 Å². The molecule has 2 aromatic carbocycles. The predicted octanol–water partition coefficient (Wildman–Crippen LogP) is 2.47. The molecule has 0 spiro atoms. The van der Waals surface area contributed by atoms with E-state index in [4.69, 9.17) is 10.8 Å². The van der Waals surface area contributed by atoms with Crippen molar-refractivity contribution in [3.63, 3.8) is 0 Å². The molecule has 2 atom stereocenters. The van der Waals surface area contributed by atoms with Crippen LogP contribution in [0.2, 0.25) is 0 Å². The minimum absolute atomic E-state index is 0.0834. The molecule has 2 aromatic rings. The van der Waals surface area contributed by atoms with Crippen molar-refractivity contribution in [2.24, 2.45) is 11.7 Å². The number of rotatable bonds is 9. The number of carboxylic acids is 2. The zero-order valence-electron chi connectivity index (χ0n) is 16.7. The highest BCUT2D eigenvalue weighted by Crippen LogP contribution is 2.37. The Kier molecular flexibility index (Phi) is 6.52. The molecule has 2 unspecified atom stereocenters. The molecule has 158 valence electrons. The van der Waals surface area contributed by atoms with Gasteiger partial charge in [-0.2, -0.15) is 0 Å². The second kappa shape index (κ2) is 9.09. The van der Waals surface area contributed by atoms with Crippen LogP contribution in [0.3, 0.4) is 0 Å². The van der Waals surface area contributed by atoms with Crippen molar-refractivity contribution in [1.82, 2.24) is 0 Å². The smallest absolute Gasteiger partial charge is 0.308 e. The second-order valence-electron chi connectivity index (χ2n) is 7.72. The number of carboxylic acid groups (broad SMARTS) is 2. The molecule has 1 aliphatic heterocycles. The molecule has 1 aliphatic rings. The molecule has 0 saturated carbocycles. The Morgan fingerprint density at radius 3 is 2.40 bits per heavy atom. The standard InChI is InChI=1S/C23H26N2O5/c24-23(18(21(28)29)13-12-16-7-2-1-3-8-16)15-17-9-4-5-10-19(17)25(22(23)30)14-6-11-20(26)27/h1-5,7-10,18H,6,11-15,24H2,(H,26,27)(H,28,29). The Balaban J connectivity index is 1.89. The Bertz CT molecular complexity index is 930. The summed E-state index contributed by atoms with van der Waals surface area (Å²) in [7, 11) is 0. The number of nitrogens with zero attached hydrogens (tertiary/aromatic N) is 1. The summed E-state index contributed by atoms with van der Waals surface area (Å²) in [5.74, 6) is -3.59. The molecule has 0 bridgehead atoms. The van der Waals surface area contributed by atoms with Crippen molar-refractivity contribution in [2.75, 3.05) is 11.4 Å². The number of hydrogen-bond donors (Lipinski definition) is 3. The van der Waals surface area contributed by atoms with Crippen molar-refractivity contribution in [1.29, 1.82) is 0 Å². The van der Waals surface area contributed by atoms with E-state index in [-0.39, 0.29) is 32.2 Å². The van der Waals surface area contributed by atoms with E-state index in [1.807, 2.05) is 42.5 Å². The Morgan fingerprint density at radius 1 is 1.07 bits per heavy atom. The lowest BCUT2D eigenvalue weighted by molar-refractivity contribution is -0.148. The van der Waals surface area contributed by atoms with Gasteiger partial charge in [-0.25, -0.2) is 0 Å². The first-order valence-electron chi connectivity index (χ1n) is 10.00. The van der Waals surface area contributed by atoms with Crippen LogP contribution in [0.4, 0.5) is 5.69 Å². The summed E-state index contributed by atoms with van der Waals surface area (Å²) in [5.41, 5.74) is 7.40. The SMILES string of the molecule is NC1(C(CCc2ccccc2)C(=O)O)Cc2ccccc2N(CCCC(=O)O)C1=O. The fraction of sp³-hybridized carbons (Fsp3) is 0.348. The number of para-hydroxylation sites is 1.